The van der Waals surface area contributed by atoms with Crippen molar-refractivity contribution >= 4 is 29.0 Å². The van der Waals surface area contributed by atoms with E-state index in [4.69, 9.17) is 11.6 Å². The fourth-order valence-corrected chi connectivity index (χ4v) is 2.40. The average Bonchev–Trinajstić information content (AvgIpc) is 2.67. The number of carbonyl (C=O) groups excluding carboxylic acids is 2. The lowest BCUT2D eigenvalue weighted by Crippen LogP contribution is -2.03. The highest BCUT2D eigenvalue weighted by atomic mass is 35.5. The Balaban J connectivity index is 2.16. The predicted molar refractivity (Wildman–Crippen MR) is 72.3 cm³/mol. The molecule has 1 aliphatic rings. The zero-order valence-corrected chi connectivity index (χ0v) is 11.1. The van der Waals surface area contributed by atoms with E-state index in [0.29, 0.717) is 23.4 Å². The number of nitrogens with one attached hydrogen (secondary N) is 1. The number of hydrogen-bond donors (Lipinski definition) is 1. The molecule has 0 aromatic heterocycles. The molecule has 0 unspecified atom stereocenters. The molecule has 1 N–H and O–H groups in total. The number of benzene rings is 1. The number of amides is 1. The van der Waals surface area contributed by atoms with Gasteiger partial charge in [0.25, 0.3) is 0 Å². The highest BCUT2D eigenvalue weighted by Crippen LogP contribution is 2.30. The molecule has 1 aromatic carbocycles. The molecule has 3 nitrogen and oxygen atoms in total. The Morgan fingerprint density at radius 1 is 1.39 bits per heavy atom. The van der Waals surface area contributed by atoms with Crippen LogP contribution >= 0.6 is 11.6 Å². The van der Waals surface area contributed by atoms with Gasteiger partial charge in [0.15, 0.2) is 5.78 Å². The normalized spacial score (nSPS) is 13.3. The molecule has 18 heavy (non-hydrogen) atoms. The molecule has 1 aromatic rings. The molecule has 4 heteroatoms. The van der Waals surface area contributed by atoms with Crippen molar-refractivity contribution in [2.24, 2.45) is 0 Å². The zero-order chi connectivity index (χ0) is 13.1. The van der Waals surface area contributed by atoms with Gasteiger partial charge in [-0.05, 0) is 24.1 Å². The van der Waals surface area contributed by atoms with Crippen molar-refractivity contribution < 1.29 is 9.59 Å². The maximum atomic E-state index is 12.0. The summed E-state index contributed by atoms with van der Waals surface area (Å²) in [5.74, 6) is 0.0206. The molecule has 0 bridgehead atoms. The summed E-state index contributed by atoms with van der Waals surface area (Å²) in [6.07, 6.45) is 3.88. The van der Waals surface area contributed by atoms with E-state index in [1.54, 1.807) is 12.1 Å². The first-order valence-corrected chi connectivity index (χ1v) is 6.65. The SMILES string of the molecule is CCCCCC(=O)c1cc2c(cc1Cl)NC(=O)C2. The van der Waals surface area contributed by atoms with Crippen LogP contribution in [0, 0.1) is 0 Å². The maximum Gasteiger partial charge on any atom is 0.228 e. The van der Waals surface area contributed by atoms with Crippen molar-refractivity contribution in [3.8, 4) is 0 Å². The summed E-state index contributed by atoms with van der Waals surface area (Å²) in [6.45, 7) is 2.10. The van der Waals surface area contributed by atoms with Crippen molar-refractivity contribution in [3.63, 3.8) is 0 Å². The predicted octanol–water partition coefficient (Wildman–Crippen LogP) is 3.60. The van der Waals surface area contributed by atoms with E-state index in [-0.39, 0.29) is 11.7 Å². The van der Waals surface area contributed by atoms with Crippen LogP contribution in [-0.2, 0) is 11.2 Å². The van der Waals surface area contributed by atoms with Crippen LogP contribution in [0.3, 0.4) is 0 Å². The molecule has 0 aliphatic carbocycles. The Morgan fingerprint density at radius 3 is 2.89 bits per heavy atom. The van der Waals surface area contributed by atoms with Gasteiger partial charge in [-0.15, -0.1) is 0 Å². The second-order valence-electron chi connectivity index (χ2n) is 4.59. The minimum Gasteiger partial charge on any atom is -0.325 e. The first-order chi connectivity index (χ1) is 8.61. The Bertz CT molecular complexity index is 497. The third-order valence-corrected chi connectivity index (χ3v) is 3.44. The lowest BCUT2D eigenvalue weighted by Gasteiger charge is -2.06. The van der Waals surface area contributed by atoms with Crippen LogP contribution < -0.4 is 5.32 Å². The van der Waals surface area contributed by atoms with Crippen LogP contribution in [0.2, 0.25) is 5.02 Å². The Kier molecular flexibility index (Phi) is 4.02. The lowest BCUT2D eigenvalue weighted by molar-refractivity contribution is -0.115. The molecule has 96 valence electrons. The number of fused-ring (bicyclic) bond motifs is 1. The first kappa shape index (κ1) is 13.1. The standard InChI is InChI=1S/C14H16ClNO2/c1-2-3-4-5-13(17)10-6-9-7-14(18)16-12(9)8-11(10)15/h6,8H,2-5,7H2,1H3,(H,16,18). The van der Waals surface area contributed by atoms with E-state index < -0.39 is 0 Å². The van der Waals surface area contributed by atoms with Crippen molar-refractivity contribution in [1.29, 1.82) is 0 Å². The summed E-state index contributed by atoms with van der Waals surface area (Å²) in [6, 6.07) is 3.43. The van der Waals surface area contributed by atoms with Crippen LogP contribution in [0.15, 0.2) is 12.1 Å². The van der Waals surface area contributed by atoms with Gasteiger partial charge in [-0.2, -0.15) is 0 Å². The van der Waals surface area contributed by atoms with Gasteiger partial charge in [0.05, 0.1) is 11.4 Å². The summed E-state index contributed by atoms with van der Waals surface area (Å²) in [7, 11) is 0. The van der Waals surface area contributed by atoms with Gasteiger partial charge in [-0.3, -0.25) is 9.59 Å². The van der Waals surface area contributed by atoms with Gasteiger partial charge in [0, 0.05) is 17.7 Å². The van der Waals surface area contributed by atoms with E-state index in [2.05, 4.69) is 12.2 Å². The molecule has 1 aliphatic heterocycles. The van der Waals surface area contributed by atoms with E-state index in [1.807, 2.05) is 0 Å². The van der Waals surface area contributed by atoms with Crippen molar-refractivity contribution in [2.45, 2.75) is 39.0 Å². The molecule has 0 saturated heterocycles. The Morgan fingerprint density at radius 2 is 2.17 bits per heavy atom. The topological polar surface area (TPSA) is 46.2 Å². The van der Waals surface area contributed by atoms with Crippen LogP contribution in [0.4, 0.5) is 5.69 Å². The summed E-state index contributed by atoms with van der Waals surface area (Å²) in [5.41, 5.74) is 2.14. The van der Waals surface area contributed by atoms with Gasteiger partial charge in [-0.1, -0.05) is 31.4 Å². The molecule has 0 saturated carbocycles. The minimum atomic E-state index is -0.0448. The molecular weight excluding hydrogens is 250 g/mol. The number of hydrogen-bond acceptors (Lipinski definition) is 2. The van der Waals surface area contributed by atoms with Gasteiger partial charge in [0.2, 0.25) is 5.91 Å². The summed E-state index contributed by atoms with van der Waals surface area (Å²) in [4.78, 5) is 23.3. The number of rotatable bonds is 5. The Labute approximate surface area is 112 Å². The van der Waals surface area contributed by atoms with Crippen molar-refractivity contribution in [1.82, 2.24) is 0 Å². The molecule has 1 heterocycles. The van der Waals surface area contributed by atoms with Gasteiger partial charge in [0.1, 0.15) is 0 Å². The highest BCUT2D eigenvalue weighted by Gasteiger charge is 2.21. The molecule has 1 amide bonds. The number of carbonyl (C=O) groups is 2. The number of unbranched alkanes of at least 4 members (excludes halogenated alkanes) is 2. The smallest absolute Gasteiger partial charge is 0.228 e. The third kappa shape index (κ3) is 2.72. The molecule has 2 rings (SSSR count). The average molecular weight is 266 g/mol. The monoisotopic (exact) mass is 265 g/mol. The number of ketones is 1. The maximum absolute atomic E-state index is 12.0. The quantitative estimate of drug-likeness (QED) is 0.653. The third-order valence-electron chi connectivity index (χ3n) is 3.13. The summed E-state index contributed by atoms with van der Waals surface area (Å²) in [5, 5.41) is 3.15. The van der Waals surface area contributed by atoms with Crippen LogP contribution in [0.25, 0.3) is 0 Å². The lowest BCUT2D eigenvalue weighted by atomic mass is 10.0. The fourth-order valence-electron chi connectivity index (χ4n) is 2.13. The molecule has 0 spiro atoms. The Hall–Kier alpha value is -1.35. The number of halogens is 1. The van der Waals surface area contributed by atoms with Crippen molar-refractivity contribution in [2.75, 3.05) is 5.32 Å². The molecule has 0 radical (unpaired) electrons. The first-order valence-electron chi connectivity index (χ1n) is 6.27. The van der Waals surface area contributed by atoms with E-state index in [1.165, 1.54) is 0 Å². The van der Waals surface area contributed by atoms with Crippen LogP contribution in [0.5, 0.6) is 0 Å². The van der Waals surface area contributed by atoms with E-state index >= 15 is 0 Å². The molecule has 0 fully saturated rings. The molecular formula is C14H16ClNO2. The fraction of sp³-hybridized carbons (Fsp3) is 0.429. The van der Waals surface area contributed by atoms with Gasteiger partial charge < -0.3 is 5.32 Å². The molecule has 0 atom stereocenters. The number of Topliss-reactive ketones (excluding diaryl/α,β-unsaturated/α-hetero) is 1. The second kappa shape index (κ2) is 5.53. The summed E-state index contributed by atoms with van der Waals surface area (Å²) >= 11 is 6.09. The summed E-state index contributed by atoms with van der Waals surface area (Å²) < 4.78 is 0. The zero-order valence-electron chi connectivity index (χ0n) is 10.4. The highest BCUT2D eigenvalue weighted by molar-refractivity contribution is 6.34. The van der Waals surface area contributed by atoms with E-state index in [0.717, 1.165) is 30.5 Å². The van der Waals surface area contributed by atoms with Gasteiger partial charge >= 0.3 is 0 Å². The van der Waals surface area contributed by atoms with Crippen LogP contribution in [-0.4, -0.2) is 11.7 Å². The largest absolute Gasteiger partial charge is 0.325 e. The van der Waals surface area contributed by atoms with Gasteiger partial charge in [-0.25, -0.2) is 0 Å². The minimum absolute atomic E-state index is 0.0448. The second-order valence-corrected chi connectivity index (χ2v) is 5.00. The van der Waals surface area contributed by atoms with Crippen LogP contribution in [0.1, 0.15) is 48.5 Å². The number of anilines is 1. The van der Waals surface area contributed by atoms with E-state index in [9.17, 15) is 9.59 Å². The van der Waals surface area contributed by atoms with Crippen molar-refractivity contribution in [3.05, 3.63) is 28.3 Å².